The lowest BCUT2D eigenvalue weighted by molar-refractivity contribution is 0.0624. The first-order valence-corrected chi connectivity index (χ1v) is 9.75. The van der Waals surface area contributed by atoms with Crippen LogP contribution in [0.2, 0.25) is 5.02 Å². The van der Waals surface area contributed by atoms with Gasteiger partial charge < -0.3 is 10.2 Å². The molecule has 1 aromatic heterocycles. The third-order valence-electron chi connectivity index (χ3n) is 5.13. The Labute approximate surface area is 179 Å². The summed E-state index contributed by atoms with van der Waals surface area (Å²) in [6.07, 6.45) is 0. The van der Waals surface area contributed by atoms with Crippen molar-refractivity contribution in [1.82, 2.24) is 20.0 Å². The molecule has 1 saturated heterocycles. The summed E-state index contributed by atoms with van der Waals surface area (Å²) in [4.78, 5) is 28.1. The summed E-state index contributed by atoms with van der Waals surface area (Å²) < 4.78 is 1.71. The lowest BCUT2D eigenvalue weighted by Crippen LogP contribution is -2.50. The summed E-state index contributed by atoms with van der Waals surface area (Å²) >= 11 is 6.38. The number of hydrogen-bond donors (Lipinski definition) is 1. The molecule has 1 amide bonds. The molecule has 3 aromatic rings. The first-order valence-electron chi connectivity index (χ1n) is 9.37. The zero-order chi connectivity index (χ0) is 19.7. The molecule has 1 aliphatic heterocycles. The molecular weight excluding hydrogens is 411 g/mol. The molecule has 1 fully saturated rings. The van der Waals surface area contributed by atoms with Gasteiger partial charge in [-0.05, 0) is 30.7 Å². The number of rotatable bonds is 3. The molecule has 6 nitrogen and oxygen atoms in total. The molecule has 8 heteroatoms. The molecule has 0 spiro atoms. The summed E-state index contributed by atoms with van der Waals surface area (Å²) in [6, 6.07) is 14.5. The van der Waals surface area contributed by atoms with E-state index < -0.39 is 0 Å². The molecule has 2 aromatic carbocycles. The van der Waals surface area contributed by atoms with Gasteiger partial charge in [-0.15, -0.1) is 12.4 Å². The number of aromatic nitrogens is 2. The van der Waals surface area contributed by atoms with Gasteiger partial charge in [0.25, 0.3) is 5.91 Å². The van der Waals surface area contributed by atoms with Crippen LogP contribution in [0.15, 0.2) is 53.3 Å². The Bertz CT molecular complexity index is 1100. The minimum absolute atomic E-state index is 0. The van der Waals surface area contributed by atoms with Crippen LogP contribution in [0.3, 0.4) is 0 Å². The number of benzene rings is 2. The van der Waals surface area contributed by atoms with Gasteiger partial charge in [0, 0.05) is 36.6 Å². The third kappa shape index (κ3) is 3.88. The van der Waals surface area contributed by atoms with Crippen molar-refractivity contribution in [2.45, 2.75) is 19.5 Å². The van der Waals surface area contributed by atoms with Gasteiger partial charge in [-0.25, -0.2) is 0 Å². The topological polar surface area (TPSA) is 67.2 Å². The molecule has 0 saturated carbocycles. The predicted molar refractivity (Wildman–Crippen MR) is 117 cm³/mol. The Hall–Kier alpha value is -2.41. The van der Waals surface area contributed by atoms with E-state index in [0.717, 1.165) is 11.1 Å². The van der Waals surface area contributed by atoms with E-state index in [1.807, 2.05) is 43.3 Å². The average Bonchev–Trinajstić information content (AvgIpc) is 2.74. The van der Waals surface area contributed by atoms with Crippen LogP contribution in [-0.2, 0) is 6.54 Å². The maximum atomic E-state index is 13.4. The van der Waals surface area contributed by atoms with Crippen LogP contribution in [-0.4, -0.2) is 40.2 Å². The van der Waals surface area contributed by atoms with Crippen molar-refractivity contribution < 1.29 is 4.79 Å². The lowest BCUT2D eigenvalue weighted by atomic mass is 10.0. The fourth-order valence-electron chi connectivity index (χ4n) is 3.73. The van der Waals surface area contributed by atoms with E-state index in [0.29, 0.717) is 36.6 Å². The fraction of sp³-hybridized carbons (Fsp3) is 0.286. The van der Waals surface area contributed by atoms with Gasteiger partial charge >= 0.3 is 0 Å². The van der Waals surface area contributed by atoms with Gasteiger partial charge in [0.05, 0.1) is 11.6 Å². The number of para-hydroxylation sites is 1. The highest BCUT2D eigenvalue weighted by molar-refractivity contribution is 6.31. The third-order valence-corrected chi connectivity index (χ3v) is 5.48. The van der Waals surface area contributed by atoms with Gasteiger partial charge in [-0.2, -0.15) is 5.10 Å². The number of piperazine rings is 1. The van der Waals surface area contributed by atoms with Gasteiger partial charge in [0.15, 0.2) is 5.69 Å². The Kier molecular flexibility index (Phi) is 6.57. The predicted octanol–water partition coefficient (Wildman–Crippen LogP) is 3.28. The van der Waals surface area contributed by atoms with Crippen LogP contribution in [0.4, 0.5) is 0 Å². The van der Waals surface area contributed by atoms with Crippen molar-refractivity contribution in [2.24, 2.45) is 0 Å². The smallest absolute Gasteiger partial charge is 0.279 e. The Balaban J connectivity index is 0.00000240. The average molecular weight is 433 g/mol. The Morgan fingerprint density at radius 1 is 1.21 bits per heavy atom. The van der Waals surface area contributed by atoms with E-state index in [1.165, 1.54) is 0 Å². The molecule has 2 heterocycles. The van der Waals surface area contributed by atoms with Gasteiger partial charge in [0.2, 0.25) is 5.43 Å². The molecule has 1 unspecified atom stereocenters. The van der Waals surface area contributed by atoms with Crippen LogP contribution < -0.4 is 10.7 Å². The van der Waals surface area contributed by atoms with Crippen molar-refractivity contribution >= 4 is 40.8 Å². The zero-order valence-corrected chi connectivity index (χ0v) is 17.5. The molecule has 0 aliphatic carbocycles. The van der Waals surface area contributed by atoms with E-state index in [-0.39, 0.29) is 35.5 Å². The molecule has 4 rings (SSSR count). The summed E-state index contributed by atoms with van der Waals surface area (Å²) in [6.45, 7) is 4.22. The normalized spacial score (nSPS) is 16.5. The van der Waals surface area contributed by atoms with Gasteiger partial charge in [-0.3, -0.25) is 14.3 Å². The van der Waals surface area contributed by atoms with Crippen LogP contribution in [0, 0.1) is 0 Å². The van der Waals surface area contributed by atoms with Crippen LogP contribution >= 0.6 is 24.0 Å². The van der Waals surface area contributed by atoms with Crippen LogP contribution in [0.5, 0.6) is 0 Å². The van der Waals surface area contributed by atoms with E-state index in [1.54, 1.807) is 21.7 Å². The number of hydrogen-bond acceptors (Lipinski definition) is 4. The highest BCUT2D eigenvalue weighted by atomic mass is 35.5. The number of amides is 1. The number of halogens is 2. The van der Waals surface area contributed by atoms with Crippen molar-refractivity contribution in [3.8, 4) is 0 Å². The summed E-state index contributed by atoms with van der Waals surface area (Å²) in [7, 11) is 0. The minimum Gasteiger partial charge on any atom is -0.327 e. The highest BCUT2D eigenvalue weighted by Gasteiger charge is 2.32. The first kappa shape index (κ1) is 21.3. The molecular formula is C21H22Cl2N4O2. The van der Waals surface area contributed by atoms with Crippen molar-refractivity contribution in [3.05, 3.63) is 75.0 Å². The first-order chi connectivity index (χ1) is 13.6. The maximum absolute atomic E-state index is 13.4. The standard InChI is InChI=1S/C21H21ClN4O2.ClH/c1-2-26-17-10-6-4-8-15(17)20(27)19(24-26)21(28)25-12-11-23-13-18(25)14-7-3-5-9-16(14)22;/h3-10,18,23H,2,11-13H2,1H3;1H. The highest BCUT2D eigenvalue weighted by Crippen LogP contribution is 2.29. The van der Waals surface area contributed by atoms with E-state index >= 15 is 0 Å². The molecule has 1 aliphatic rings. The molecule has 1 atom stereocenters. The molecule has 152 valence electrons. The number of carbonyl (C=O) groups excluding carboxylic acids is 1. The summed E-state index contributed by atoms with van der Waals surface area (Å²) in [5, 5.41) is 8.82. The Morgan fingerprint density at radius 3 is 2.69 bits per heavy atom. The van der Waals surface area contributed by atoms with Gasteiger partial charge in [-0.1, -0.05) is 41.9 Å². The molecule has 1 N–H and O–H groups in total. The van der Waals surface area contributed by atoms with Gasteiger partial charge in [0.1, 0.15) is 0 Å². The minimum atomic E-state index is -0.357. The zero-order valence-electron chi connectivity index (χ0n) is 16.0. The quantitative estimate of drug-likeness (QED) is 0.689. The molecule has 0 bridgehead atoms. The second-order valence-corrected chi connectivity index (χ2v) is 7.16. The SMILES string of the molecule is CCn1nc(C(=O)N2CCNCC2c2ccccc2Cl)c(=O)c2ccccc21.Cl. The number of carbonyl (C=O) groups is 1. The van der Waals surface area contributed by atoms with E-state index in [9.17, 15) is 9.59 Å². The Morgan fingerprint density at radius 2 is 1.93 bits per heavy atom. The van der Waals surface area contributed by atoms with Crippen LogP contribution in [0.1, 0.15) is 29.0 Å². The monoisotopic (exact) mass is 432 g/mol. The number of fused-ring (bicyclic) bond motifs is 1. The second kappa shape index (κ2) is 8.95. The van der Waals surface area contributed by atoms with E-state index in [2.05, 4.69) is 10.4 Å². The van der Waals surface area contributed by atoms with Crippen molar-refractivity contribution in [1.29, 1.82) is 0 Å². The van der Waals surface area contributed by atoms with Crippen molar-refractivity contribution in [3.63, 3.8) is 0 Å². The van der Waals surface area contributed by atoms with Crippen LogP contribution in [0.25, 0.3) is 10.9 Å². The molecule has 0 radical (unpaired) electrons. The largest absolute Gasteiger partial charge is 0.327 e. The summed E-state index contributed by atoms with van der Waals surface area (Å²) in [5.74, 6) is -0.357. The molecule has 29 heavy (non-hydrogen) atoms. The number of aryl methyl sites for hydroxylation is 1. The maximum Gasteiger partial charge on any atom is 0.279 e. The fourth-order valence-corrected chi connectivity index (χ4v) is 3.99. The summed E-state index contributed by atoms with van der Waals surface area (Å²) in [5.41, 5.74) is 1.22. The van der Waals surface area contributed by atoms with Crippen molar-refractivity contribution in [2.75, 3.05) is 19.6 Å². The second-order valence-electron chi connectivity index (χ2n) is 6.75. The lowest BCUT2D eigenvalue weighted by Gasteiger charge is -2.36. The van der Waals surface area contributed by atoms with E-state index in [4.69, 9.17) is 11.6 Å². The number of nitrogens with zero attached hydrogens (tertiary/aromatic N) is 3. The number of nitrogens with one attached hydrogen (secondary N) is 1.